The minimum Gasteiger partial charge on any atom is -0.309 e. The first kappa shape index (κ1) is 15.3. The van der Waals surface area contributed by atoms with Gasteiger partial charge < -0.3 is 5.32 Å². The summed E-state index contributed by atoms with van der Waals surface area (Å²) >= 11 is 0. The van der Waals surface area contributed by atoms with E-state index < -0.39 is 0 Å². The number of aryl methyl sites for hydroxylation is 2. The first-order chi connectivity index (χ1) is 10.1. The Hall–Kier alpha value is -2.10. The van der Waals surface area contributed by atoms with E-state index in [2.05, 4.69) is 60.6 Å². The number of hydrogen-bond acceptors (Lipinski definition) is 2. The van der Waals surface area contributed by atoms with Gasteiger partial charge in [0.2, 0.25) is 5.91 Å². The number of hydrogen-bond donors (Lipinski definition) is 2. The minimum atomic E-state index is -0.00336. The van der Waals surface area contributed by atoms with Crippen LogP contribution in [-0.2, 0) is 17.6 Å². The van der Waals surface area contributed by atoms with Gasteiger partial charge in [-0.2, -0.15) is 5.10 Å². The number of H-pyrrole nitrogens is 1. The highest BCUT2D eigenvalue weighted by Crippen LogP contribution is 2.15. The van der Waals surface area contributed by atoms with E-state index >= 15 is 0 Å². The second-order valence-corrected chi connectivity index (χ2v) is 5.58. The van der Waals surface area contributed by atoms with Crippen molar-refractivity contribution in [3.8, 4) is 0 Å². The van der Waals surface area contributed by atoms with Crippen molar-refractivity contribution in [1.82, 2.24) is 10.2 Å². The number of amides is 1. The van der Waals surface area contributed by atoms with Crippen molar-refractivity contribution in [1.29, 1.82) is 0 Å². The molecule has 0 unspecified atom stereocenters. The lowest BCUT2D eigenvalue weighted by atomic mass is 10.1. The molecule has 0 saturated heterocycles. The molecule has 0 saturated carbocycles. The van der Waals surface area contributed by atoms with Gasteiger partial charge in [0.15, 0.2) is 5.82 Å². The number of carbonyl (C=O) groups excluding carboxylic acids is 1. The van der Waals surface area contributed by atoms with Crippen LogP contribution in [0.3, 0.4) is 0 Å². The molecule has 21 heavy (non-hydrogen) atoms. The Morgan fingerprint density at radius 2 is 1.90 bits per heavy atom. The van der Waals surface area contributed by atoms with Gasteiger partial charge in [0.25, 0.3) is 0 Å². The van der Waals surface area contributed by atoms with Crippen LogP contribution in [0, 0.1) is 0 Å². The van der Waals surface area contributed by atoms with Crippen molar-refractivity contribution < 1.29 is 4.79 Å². The molecular formula is C17H23N3O. The Morgan fingerprint density at radius 3 is 2.48 bits per heavy atom. The highest BCUT2D eigenvalue weighted by atomic mass is 16.1. The summed E-state index contributed by atoms with van der Waals surface area (Å²) in [6.07, 6.45) is 2.25. The molecule has 0 aliphatic rings. The second kappa shape index (κ2) is 7.07. The SMILES string of the molecule is CCc1ccc(CCC(=O)Nc2cc(C(C)C)[nH]n2)cc1. The van der Waals surface area contributed by atoms with E-state index in [-0.39, 0.29) is 5.91 Å². The monoisotopic (exact) mass is 285 g/mol. The maximum Gasteiger partial charge on any atom is 0.225 e. The number of rotatable bonds is 6. The third-order valence-corrected chi connectivity index (χ3v) is 3.56. The van der Waals surface area contributed by atoms with Gasteiger partial charge in [-0.3, -0.25) is 9.89 Å². The van der Waals surface area contributed by atoms with Crippen LogP contribution in [0.5, 0.6) is 0 Å². The van der Waals surface area contributed by atoms with Crippen LogP contribution in [0.1, 0.15) is 49.9 Å². The largest absolute Gasteiger partial charge is 0.309 e. The summed E-state index contributed by atoms with van der Waals surface area (Å²) in [7, 11) is 0. The molecule has 0 bridgehead atoms. The summed E-state index contributed by atoms with van der Waals surface area (Å²) in [5.74, 6) is 0.974. The van der Waals surface area contributed by atoms with E-state index in [9.17, 15) is 4.79 Å². The van der Waals surface area contributed by atoms with Crippen LogP contribution in [0.2, 0.25) is 0 Å². The number of nitrogens with zero attached hydrogens (tertiary/aromatic N) is 1. The van der Waals surface area contributed by atoms with E-state index in [0.29, 0.717) is 18.2 Å². The minimum absolute atomic E-state index is 0.00336. The zero-order valence-corrected chi connectivity index (χ0v) is 12.9. The Bertz CT molecular complexity index is 584. The van der Waals surface area contributed by atoms with Crippen molar-refractivity contribution in [2.75, 3.05) is 5.32 Å². The zero-order chi connectivity index (χ0) is 15.2. The van der Waals surface area contributed by atoms with Crippen LogP contribution in [0.25, 0.3) is 0 Å². The summed E-state index contributed by atoms with van der Waals surface area (Å²) in [5, 5.41) is 9.86. The van der Waals surface area contributed by atoms with Crippen molar-refractivity contribution >= 4 is 11.7 Å². The fourth-order valence-electron chi connectivity index (χ4n) is 2.10. The Morgan fingerprint density at radius 1 is 1.24 bits per heavy atom. The lowest BCUT2D eigenvalue weighted by Gasteiger charge is -2.03. The molecule has 4 heteroatoms. The summed E-state index contributed by atoms with van der Waals surface area (Å²) in [6.45, 7) is 6.30. The molecule has 1 aromatic carbocycles. The topological polar surface area (TPSA) is 57.8 Å². The van der Waals surface area contributed by atoms with Crippen LogP contribution in [-0.4, -0.2) is 16.1 Å². The molecule has 2 aromatic rings. The molecule has 0 aliphatic carbocycles. The van der Waals surface area contributed by atoms with Crippen LogP contribution in [0.4, 0.5) is 5.82 Å². The van der Waals surface area contributed by atoms with E-state index in [1.54, 1.807) is 0 Å². The molecule has 2 N–H and O–H groups in total. The van der Waals surface area contributed by atoms with E-state index in [4.69, 9.17) is 0 Å². The third-order valence-electron chi connectivity index (χ3n) is 3.56. The van der Waals surface area contributed by atoms with Gasteiger partial charge in [-0.1, -0.05) is 45.0 Å². The standard InChI is InChI=1S/C17H23N3O/c1-4-13-5-7-14(8-6-13)9-10-17(21)18-16-11-15(12(2)3)19-20-16/h5-8,11-12H,4,9-10H2,1-3H3,(H2,18,19,20,21). The van der Waals surface area contributed by atoms with Crippen molar-refractivity contribution in [3.05, 3.63) is 47.2 Å². The molecule has 1 aromatic heterocycles. The average molecular weight is 285 g/mol. The zero-order valence-electron chi connectivity index (χ0n) is 12.9. The van der Waals surface area contributed by atoms with Gasteiger partial charge in [0.05, 0.1) is 0 Å². The number of benzene rings is 1. The Balaban J connectivity index is 1.83. The summed E-state index contributed by atoms with van der Waals surface area (Å²) in [4.78, 5) is 11.9. The summed E-state index contributed by atoms with van der Waals surface area (Å²) in [5.41, 5.74) is 3.54. The summed E-state index contributed by atoms with van der Waals surface area (Å²) in [6, 6.07) is 10.3. The maximum absolute atomic E-state index is 11.9. The normalized spacial score (nSPS) is 10.9. The highest BCUT2D eigenvalue weighted by molar-refractivity contribution is 5.89. The lowest BCUT2D eigenvalue weighted by Crippen LogP contribution is -2.12. The lowest BCUT2D eigenvalue weighted by molar-refractivity contribution is -0.116. The van der Waals surface area contributed by atoms with Crippen LogP contribution in [0.15, 0.2) is 30.3 Å². The van der Waals surface area contributed by atoms with Gasteiger partial charge in [-0.05, 0) is 29.9 Å². The number of carbonyl (C=O) groups is 1. The molecule has 1 amide bonds. The predicted octanol–water partition coefficient (Wildman–Crippen LogP) is 3.67. The average Bonchev–Trinajstić information content (AvgIpc) is 2.94. The number of aromatic nitrogens is 2. The van der Waals surface area contributed by atoms with E-state index in [1.807, 2.05) is 6.07 Å². The fraction of sp³-hybridized carbons (Fsp3) is 0.412. The van der Waals surface area contributed by atoms with Gasteiger partial charge in [-0.15, -0.1) is 0 Å². The van der Waals surface area contributed by atoms with Gasteiger partial charge in [-0.25, -0.2) is 0 Å². The van der Waals surface area contributed by atoms with Crippen LogP contribution >= 0.6 is 0 Å². The molecule has 2 rings (SSSR count). The van der Waals surface area contributed by atoms with Crippen LogP contribution < -0.4 is 5.32 Å². The number of nitrogens with one attached hydrogen (secondary N) is 2. The van der Waals surface area contributed by atoms with Gasteiger partial charge >= 0.3 is 0 Å². The molecule has 112 valence electrons. The highest BCUT2D eigenvalue weighted by Gasteiger charge is 2.08. The molecule has 4 nitrogen and oxygen atoms in total. The van der Waals surface area contributed by atoms with E-state index in [1.165, 1.54) is 11.1 Å². The van der Waals surface area contributed by atoms with Gasteiger partial charge in [0, 0.05) is 18.2 Å². The second-order valence-electron chi connectivity index (χ2n) is 5.58. The molecule has 0 atom stereocenters. The quantitative estimate of drug-likeness (QED) is 0.851. The molecular weight excluding hydrogens is 262 g/mol. The predicted molar refractivity (Wildman–Crippen MR) is 85.4 cm³/mol. The number of aromatic amines is 1. The third kappa shape index (κ3) is 4.45. The molecule has 0 spiro atoms. The van der Waals surface area contributed by atoms with Crippen molar-refractivity contribution in [3.63, 3.8) is 0 Å². The number of anilines is 1. The first-order valence-electron chi connectivity index (χ1n) is 7.51. The molecule has 0 aliphatic heterocycles. The molecule has 0 radical (unpaired) electrons. The molecule has 0 fully saturated rings. The smallest absolute Gasteiger partial charge is 0.225 e. The summed E-state index contributed by atoms with van der Waals surface area (Å²) < 4.78 is 0. The fourth-order valence-corrected chi connectivity index (χ4v) is 2.10. The first-order valence-corrected chi connectivity index (χ1v) is 7.51. The maximum atomic E-state index is 11.9. The Kier molecular flexibility index (Phi) is 5.14. The van der Waals surface area contributed by atoms with Crippen molar-refractivity contribution in [2.45, 2.75) is 46.0 Å². The van der Waals surface area contributed by atoms with Crippen molar-refractivity contribution in [2.24, 2.45) is 0 Å². The molecule has 1 heterocycles. The van der Waals surface area contributed by atoms with Gasteiger partial charge in [0.1, 0.15) is 0 Å². The van der Waals surface area contributed by atoms with E-state index in [0.717, 1.165) is 18.5 Å². The Labute approximate surface area is 126 Å².